The van der Waals surface area contributed by atoms with Gasteiger partial charge in [0.1, 0.15) is 5.70 Å². The average molecular weight is 410 g/mol. The molecule has 28 heavy (non-hydrogen) atoms. The zero-order valence-corrected chi connectivity index (χ0v) is 16.5. The van der Waals surface area contributed by atoms with E-state index in [4.69, 9.17) is 0 Å². The fourth-order valence-corrected chi connectivity index (χ4v) is 3.52. The van der Waals surface area contributed by atoms with Crippen LogP contribution in [0.15, 0.2) is 40.0 Å². The molecule has 0 aliphatic carbocycles. The molecule has 0 atom stereocenters. The highest BCUT2D eigenvalue weighted by Crippen LogP contribution is 2.32. The zero-order valence-electron chi connectivity index (χ0n) is 15.7. The van der Waals surface area contributed by atoms with Crippen LogP contribution >= 0.6 is 11.9 Å². The van der Waals surface area contributed by atoms with Crippen molar-refractivity contribution >= 4 is 18.2 Å². The van der Waals surface area contributed by atoms with Crippen LogP contribution in [0.2, 0.25) is 0 Å². The smallest absolute Gasteiger partial charge is 0.307 e. The average Bonchev–Trinajstić information content (AvgIpc) is 3.19. The number of hydrazone groups is 1. The summed E-state index contributed by atoms with van der Waals surface area (Å²) in [5, 5.41) is 8.55. The van der Waals surface area contributed by atoms with Gasteiger partial charge >= 0.3 is 6.18 Å². The number of hydrogen-bond acceptors (Lipinski definition) is 6. The maximum Gasteiger partial charge on any atom is 0.433 e. The molecule has 0 saturated heterocycles. The largest absolute Gasteiger partial charge is 0.433 e. The quantitative estimate of drug-likeness (QED) is 0.388. The fourth-order valence-electron chi connectivity index (χ4n) is 2.84. The molecule has 0 fully saturated rings. The Morgan fingerprint density at radius 3 is 2.64 bits per heavy atom. The lowest BCUT2D eigenvalue weighted by molar-refractivity contribution is -0.0971. The van der Waals surface area contributed by atoms with Crippen LogP contribution in [-0.4, -0.2) is 28.7 Å². The number of halogens is 3. The van der Waals surface area contributed by atoms with Crippen LogP contribution in [0.5, 0.6) is 0 Å². The maximum atomic E-state index is 12.9. The Hall–Kier alpha value is -2.46. The van der Waals surface area contributed by atoms with Crippen LogP contribution in [-0.2, 0) is 13.5 Å². The highest BCUT2D eigenvalue weighted by Gasteiger charge is 2.39. The Labute approximate surface area is 165 Å². The van der Waals surface area contributed by atoms with Crippen molar-refractivity contribution in [2.75, 3.05) is 6.54 Å². The van der Waals surface area contributed by atoms with Gasteiger partial charge in [-0.1, -0.05) is 29.8 Å². The fraction of sp³-hybridized carbons (Fsp3) is 0.333. The third kappa shape index (κ3) is 4.68. The van der Waals surface area contributed by atoms with Gasteiger partial charge in [-0.15, -0.1) is 0 Å². The minimum absolute atomic E-state index is 0.0391. The second kappa shape index (κ2) is 8.27. The van der Waals surface area contributed by atoms with E-state index >= 15 is 0 Å². The van der Waals surface area contributed by atoms with Crippen LogP contribution in [0.3, 0.4) is 0 Å². The number of allylic oxidation sites excluding steroid dienone is 1. The summed E-state index contributed by atoms with van der Waals surface area (Å²) in [7, 11) is 1.87. The number of rotatable bonds is 6. The van der Waals surface area contributed by atoms with E-state index < -0.39 is 11.9 Å². The van der Waals surface area contributed by atoms with Gasteiger partial charge in [0.25, 0.3) is 0 Å². The van der Waals surface area contributed by atoms with Crippen molar-refractivity contribution in [2.24, 2.45) is 12.1 Å². The molecule has 1 aliphatic rings. The summed E-state index contributed by atoms with van der Waals surface area (Å²) in [4.78, 5) is 2.51. The highest BCUT2D eigenvalue weighted by molar-refractivity contribution is 8.01. The second-order valence-electron chi connectivity index (χ2n) is 6.45. The van der Waals surface area contributed by atoms with Gasteiger partial charge < -0.3 is 10.9 Å². The molecule has 3 rings (SSSR count). The summed E-state index contributed by atoms with van der Waals surface area (Å²) in [6.07, 6.45) is -2.13. The van der Waals surface area contributed by atoms with Crippen LogP contribution in [0, 0.1) is 13.8 Å². The normalized spacial score (nSPS) is 14.8. The van der Waals surface area contributed by atoms with E-state index in [-0.39, 0.29) is 11.4 Å². The van der Waals surface area contributed by atoms with E-state index in [0.29, 0.717) is 6.42 Å². The topological polar surface area (TPSA) is 66.3 Å². The molecule has 0 saturated carbocycles. The maximum absolute atomic E-state index is 12.9. The lowest BCUT2D eigenvalue weighted by Crippen LogP contribution is -2.29. The van der Waals surface area contributed by atoms with Gasteiger partial charge in [-0.2, -0.15) is 28.2 Å². The molecule has 1 aromatic carbocycles. The SMILES string of the molecule is Cc1ccc(Cc2c(/C=N/NCC3=C(C(F)(F)F)NNS3)c(C)nn2C)cc1. The monoisotopic (exact) mass is 410 g/mol. The van der Waals surface area contributed by atoms with Crippen molar-refractivity contribution in [2.45, 2.75) is 26.4 Å². The molecule has 0 amide bonds. The Morgan fingerprint density at radius 1 is 1.25 bits per heavy atom. The van der Waals surface area contributed by atoms with E-state index in [1.165, 1.54) is 5.56 Å². The molecule has 150 valence electrons. The number of aryl methyl sites for hydroxylation is 3. The molecule has 0 radical (unpaired) electrons. The summed E-state index contributed by atoms with van der Waals surface area (Å²) in [6, 6.07) is 8.25. The molecule has 2 aromatic rings. The molecule has 0 bridgehead atoms. The first-order valence-corrected chi connectivity index (χ1v) is 9.39. The Bertz CT molecular complexity index is 899. The van der Waals surface area contributed by atoms with Gasteiger partial charge in [0.15, 0.2) is 0 Å². The third-order valence-electron chi connectivity index (χ3n) is 4.32. The summed E-state index contributed by atoms with van der Waals surface area (Å²) in [5.41, 5.74) is 9.01. The van der Waals surface area contributed by atoms with E-state index in [0.717, 1.165) is 34.5 Å². The summed E-state index contributed by atoms with van der Waals surface area (Å²) in [6.45, 7) is 3.88. The zero-order chi connectivity index (χ0) is 20.3. The van der Waals surface area contributed by atoms with Crippen molar-refractivity contribution in [1.82, 2.24) is 25.5 Å². The van der Waals surface area contributed by atoms with Crippen molar-refractivity contribution < 1.29 is 13.2 Å². The lowest BCUT2D eigenvalue weighted by Gasteiger charge is -2.09. The molecule has 10 heteroatoms. The van der Waals surface area contributed by atoms with Crippen molar-refractivity contribution in [1.29, 1.82) is 0 Å². The predicted molar refractivity (Wildman–Crippen MR) is 104 cm³/mol. The molecule has 0 spiro atoms. The number of alkyl halides is 3. The van der Waals surface area contributed by atoms with Crippen LogP contribution < -0.4 is 15.7 Å². The molecule has 3 N–H and O–H groups in total. The standard InChI is InChI=1S/C18H21F3N6S/c1-11-4-6-13(7-5-11)8-15-14(12(2)25-27(15)3)9-22-23-10-16-17(18(19,20)21)24-26-28-16/h4-7,9,23-24,26H,8,10H2,1-3H3/b22-9+. The van der Waals surface area contributed by atoms with Crippen LogP contribution in [0.4, 0.5) is 13.2 Å². The Morgan fingerprint density at radius 2 is 1.96 bits per heavy atom. The van der Waals surface area contributed by atoms with Crippen LogP contribution in [0.1, 0.15) is 28.1 Å². The van der Waals surface area contributed by atoms with Gasteiger partial charge in [0, 0.05) is 19.0 Å². The minimum Gasteiger partial charge on any atom is -0.307 e. The Kier molecular flexibility index (Phi) is 5.99. The Balaban J connectivity index is 1.71. The predicted octanol–water partition coefficient (Wildman–Crippen LogP) is 3.08. The molecule has 1 aliphatic heterocycles. The lowest BCUT2D eigenvalue weighted by atomic mass is 10.0. The van der Waals surface area contributed by atoms with Crippen molar-refractivity contribution in [3.05, 3.63) is 62.9 Å². The first-order chi connectivity index (χ1) is 13.3. The number of benzene rings is 1. The van der Waals surface area contributed by atoms with E-state index in [1.54, 1.807) is 6.21 Å². The van der Waals surface area contributed by atoms with Crippen molar-refractivity contribution in [3.63, 3.8) is 0 Å². The van der Waals surface area contributed by atoms with Gasteiger partial charge in [-0.25, -0.2) is 0 Å². The summed E-state index contributed by atoms with van der Waals surface area (Å²) >= 11 is 0.883. The number of hydrogen-bond donors (Lipinski definition) is 3. The molecular formula is C18H21F3N6S. The third-order valence-corrected chi connectivity index (χ3v) is 5.12. The van der Waals surface area contributed by atoms with E-state index in [2.05, 4.69) is 50.1 Å². The van der Waals surface area contributed by atoms with Gasteiger partial charge in [0.2, 0.25) is 0 Å². The van der Waals surface area contributed by atoms with Gasteiger partial charge in [-0.3, -0.25) is 4.68 Å². The molecule has 1 aromatic heterocycles. The number of aromatic nitrogens is 2. The highest BCUT2D eigenvalue weighted by atomic mass is 32.2. The molecule has 6 nitrogen and oxygen atoms in total. The number of hydrazine groups is 1. The van der Waals surface area contributed by atoms with Gasteiger partial charge in [0.05, 0.1) is 29.1 Å². The second-order valence-corrected chi connectivity index (χ2v) is 7.35. The van der Waals surface area contributed by atoms with E-state index in [9.17, 15) is 13.2 Å². The first-order valence-electron chi connectivity index (χ1n) is 8.58. The number of nitrogens with zero attached hydrogens (tertiary/aromatic N) is 3. The minimum atomic E-state index is -4.43. The number of nitrogens with one attached hydrogen (secondary N) is 3. The summed E-state index contributed by atoms with van der Waals surface area (Å²) in [5.74, 6) is 0. The molecule has 0 unspecified atom stereocenters. The molecular weight excluding hydrogens is 389 g/mol. The van der Waals surface area contributed by atoms with Gasteiger partial charge in [-0.05, 0) is 31.4 Å². The van der Waals surface area contributed by atoms with Crippen LogP contribution in [0.25, 0.3) is 0 Å². The van der Waals surface area contributed by atoms with E-state index in [1.807, 2.05) is 25.6 Å². The first kappa shape index (κ1) is 20.3. The van der Waals surface area contributed by atoms with Crippen molar-refractivity contribution in [3.8, 4) is 0 Å². The molecule has 2 heterocycles. The summed E-state index contributed by atoms with van der Waals surface area (Å²) < 4.78 is 40.4.